The van der Waals surface area contributed by atoms with Crippen LogP contribution in [0, 0.1) is 0 Å². The van der Waals surface area contributed by atoms with Crippen LogP contribution < -0.4 is 20.7 Å². The van der Waals surface area contributed by atoms with E-state index in [-0.39, 0.29) is 17.1 Å². The molecule has 164 valence electrons. The van der Waals surface area contributed by atoms with Crippen LogP contribution in [0.4, 0.5) is 4.79 Å². The van der Waals surface area contributed by atoms with E-state index in [1.807, 2.05) is 18.2 Å². The Morgan fingerprint density at radius 2 is 1.91 bits per heavy atom. The number of aryl methyl sites for hydroxylation is 1. The molecule has 1 atom stereocenters. The van der Waals surface area contributed by atoms with E-state index < -0.39 is 23.4 Å². The highest BCUT2D eigenvalue weighted by Gasteiger charge is 2.50. The van der Waals surface area contributed by atoms with Gasteiger partial charge in [0.25, 0.3) is 11.8 Å². The van der Waals surface area contributed by atoms with E-state index >= 15 is 0 Å². The molecule has 1 aliphatic heterocycles. The van der Waals surface area contributed by atoms with Gasteiger partial charge in [0.15, 0.2) is 5.54 Å². The maximum atomic E-state index is 13.3. The van der Waals surface area contributed by atoms with E-state index in [0.717, 1.165) is 0 Å². The molecule has 1 unspecified atom stereocenters. The van der Waals surface area contributed by atoms with Gasteiger partial charge in [0, 0.05) is 18.8 Å². The van der Waals surface area contributed by atoms with Gasteiger partial charge in [0.05, 0.1) is 29.9 Å². The molecule has 4 amide bonds. The van der Waals surface area contributed by atoms with Gasteiger partial charge < -0.3 is 15.4 Å². The lowest BCUT2D eigenvalue weighted by Gasteiger charge is -2.26. The zero-order valence-electron chi connectivity index (χ0n) is 17.3. The third-order valence-electron chi connectivity index (χ3n) is 5.35. The number of urea groups is 1. The molecule has 2 heterocycles. The second-order valence-electron chi connectivity index (χ2n) is 7.20. The van der Waals surface area contributed by atoms with Crippen LogP contribution in [0.15, 0.2) is 54.7 Å². The van der Waals surface area contributed by atoms with E-state index in [1.54, 1.807) is 44.5 Å². The van der Waals surface area contributed by atoms with Gasteiger partial charge >= 0.3 is 6.03 Å². The van der Waals surface area contributed by atoms with Crippen molar-refractivity contribution in [3.05, 3.63) is 71.0 Å². The highest BCUT2D eigenvalue weighted by molar-refractivity contribution is 6.34. The first-order valence-corrected chi connectivity index (χ1v) is 10.1. The second-order valence-corrected chi connectivity index (χ2v) is 7.61. The lowest BCUT2D eigenvalue weighted by Crippen LogP contribution is -2.53. The van der Waals surface area contributed by atoms with Gasteiger partial charge in [-0.25, -0.2) is 4.79 Å². The molecule has 1 aliphatic rings. The Bertz CT molecular complexity index is 1220. The van der Waals surface area contributed by atoms with Crippen LogP contribution in [0.5, 0.6) is 5.75 Å². The molecule has 1 fully saturated rings. The van der Waals surface area contributed by atoms with Gasteiger partial charge in [0.1, 0.15) is 5.75 Å². The summed E-state index contributed by atoms with van der Waals surface area (Å²) in [5.41, 5.74) is 0.399. The van der Waals surface area contributed by atoms with E-state index in [9.17, 15) is 14.4 Å². The minimum Gasteiger partial charge on any atom is -0.496 e. The quantitative estimate of drug-likeness (QED) is 0.495. The summed E-state index contributed by atoms with van der Waals surface area (Å²) in [6.07, 6.45) is 1.50. The third kappa shape index (κ3) is 3.56. The maximum Gasteiger partial charge on any atom is 0.322 e. The largest absolute Gasteiger partial charge is 0.496 e. The Labute approximate surface area is 188 Å². The maximum absolute atomic E-state index is 13.3. The summed E-state index contributed by atoms with van der Waals surface area (Å²) in [7, 11) is 3.19. The first kappa shape index (κ1) is 21.4. The highest BCUT2D eigenvalue weighted by atomic mass is 35.5. The van der Waals surface area contributed by atoms with E-state index in [2.05, 4.69) is 21.0 Å². The van der Waals surface area contributed by atoms with Crippen LogP contribution in [-0.4, -0.2) is 41.3 Å². The molecular weight excluding hydrogens is 434 g/mol. The van der Waals surface area contributed by atoms with Crippen molar-refractivity contribution >= 4 is 29.4 Å². The van der Waals surface area contributed by atoms with E-state index in [0.29, 0.717) is 22.6 Å². The molecule has 3 aromatic rings. The lowest BCUT2D eigenvalue weighted by molar-refractivity contribution is -0.124. The molecule has 1 aromatic heterocycles. The number of para-hydroxylation sites is 1. The predicted molar refractivity (Wildman–Crippen MR) is 117 cm³/mol. The zero-order valence-corrected chi connectivity index (χ0v) is 18.1. The number of methoxy groups -OCH3 is 1. The normalized spacial score (nSPS) is 17.6. The van der Waals surface area contributed by atoms with Crippen LogP contribution >= 0.6 is 11.6 Å². The minimum atomic E-state index is -1.51. The zero-order chi connectivity index (χ0) is 22.9. The molecule has 9 nitrogen and oxygen atoms in total. The van der Waals surface area contributed by atoms with Crippen molar-refractivity contribution in [1.29, 1.82) is 0 Å². The van der Waals surface area contributed by atoms with Crippen LogP contribution in [0.25, 0.3) is 11.1 Å². The number of hydrogen-bond donors (Lipinski definition) is 3. The molecule has 0 bridgehead atoms. The van der Waals surface area contributed by atoms with Crippen molar-refractivity contribution < 1.29 is 19.1 Å². The Balaban J connectivity index is 1.70. The standard InChI is InChI=1S/C22H20ClN5O4/c1-28-17(10-11-25-28)22(20(30)26-21(31)27-22)12-24-19(29)18-14(7-5-8-15(18)23)13-6-3-4-9-16(13)32-2/h3-11H,12H2,1-2H3,(H,24,29)(H2,26,27,30,31). The average molecular weight is 454 g/mol. The molecule has 1 saturated heterocycles. The number of imide groups is 1. The monoisotopic (exact) mass is 453 g/mol. The van der Waals surface area contributed by atoms with Gasteiger partial charge in [-0.3, -0.25) is 19.6 Å². The molecule has 0 saturated carbocycles. The molecule has 0 aliphatic carbocycles. The smallest absolute Gasteiger partial charge is 0.322 e. The number of aromatic nitrogens is 2. The lowest BCUT2D eigenvalue weighted by atomic mass is 9.94. The van der Waals surface area contributed by atoms with Crippen molar-refractivity contribution in [2.45, 2.75) is 5.54 Å². The third-order valence-corrected chi connectivity index (χ3v) is 5.67. The fourth-order valence-corrected chi connectivity index (χ4v) is 4.09. The molecule has 4 rings (SSSR count). The Hall–Kier alpha value is -3.85. The Kier molecular flexibility index (Phi) is 5.58. The van der Waals surface area contributed by atoms with Gasteiger partial charge in [-0.2, -0.15) is 5.10 Å². The molecule has 32 heavy (non-hydrogen) atoms. The Morgan fingerprint density at radius 1 is 1.16 bits per heavy atom. The summed E-state index contributed by atoms with van der Waals surface area (Å²) >= 11 is 6.41. The van der Waals surface area contributed by atoms with Crippen LogP contribution in [-0.2, 0) is 17.4 Å². The van der Waals surface area contributed by atoms with Crippen molar-refractivity contribution in [3.63, 3.8) is 0 Å². The first-order chi connectivity index (χ1) is 15.4. The first-order valence-electron chi connectivity index (χ1n) is 9.69. The van der Waals surface area contributed by atoms with Crippen molar-refractivity contribution in [1.82, 2.24) is 25.7 Å². The highest BCUT2D eigenvalue weighted by Crippen LogP contribution is 2.35. The van der Waals surface area contributed by atoms with Gasteiger partial charge in [-0.05, 0) is 23.8 Å². The van der Waals surface area contributed by atoms with Crippen LogP contribution in [0.3, 0.4) is 0 Å². The number of carbonyl (C=O) groups is 3. The van der Waals surface area contributed by atoms with Gasteiger partial charge in [-0.1, -0.05) is 41.9 Å². The topological polar surface area (TPSA) is 114 Å². The molecule has 0 spiro atoms. The summed E-state index contributed by atoms with van der Waals surface area (Å²) in [5.74, 6) is -0.514. The molecule has 0 radical (unpaired) electrons. The van der Waals surface area contributed by atoms with Crippen molar-refractivity contribution in [3.8, 4) is 16.9 Å². The number of amides is 4. The molecule has 3 N–H and O–H groups in total. The molecule has 2 aromatic carbocycles. The summed E-state index contributed by atoms with van der Waals surface area (Å²) in [6.45, 7) is -0.209. The number of nitrogens with zero attached hydrogens (tertiary/aromatic N) is 2. The van der Waals surface area contributed by atoms with Crippen LogP contribution in [0.1, 0.15) is 16.1 Å². The van der Waals surface area contributed by atoms with Crippen molar-refractivity contribution in [2.24, 2.45) is 7.05 Å². The fraction of sp³-hybridized carbons (Fsp3) is 0.182. The average Bonchev–Trinajstić information content (AvgIpc) is 3.34. The Morgan fingerprint density at radius 3 is 2.56 bits per heavy atom. The number of rotatable bonds is 6. The van der Waals surface area contributed by atoms with Gasteiger partial charge in [-0.15, -0.1) is 0 Å². The number of carbonyl (C=O) groups excluding carboxylic acids is 3. The number of nitrogens with one attached hydrogen (secondary N) is 3. The van der Waals surface area contributed by atoms with E-state index in [1.165, 1.54) is 10.9 Å². The number of halogens is 1. The summed E-state index contributed by atoms with van der Waals surface area (Å²) in [5, 5.41) is 11.9. The van der Waals surface area contributed by atoms with Crippen LogP contribution in [0.2, 0.25) is 5.02 Å². The summed E-state index contributed by atoms with van der Waals surface area (Å²) in [4.78, 5) is 37.9. The fourth-order valence-electron chi connectivity index (χ4n) is 3.83. The SMILES string of the molecule is COc1ccccc1-c1cccc(Cl)c1C(=O)NCC1(c2ccnn2C)NC(=O)NC1=O. The number of hydrogen-bond acceptors (Lipinski definition) is 5. The van der Waals surface area contributed by atoms with Crippen molar-refractivity contribution in [2.75, 3.05) is 13.7 Å². The van der Waals surface area contributed by atoms with Gasteiger partial charge in [0.2, 0.25) is 0 Å². The molecular formula is C22H20ClN5O4. The summed E-state index contributed by atoms with van der Waals surface area (Å²) in [6, 6.07) is 13.3. The minimum absolute atomic E-state index is 0.209. The summed E-state index contributed by atoms with van der Waals surface area (Å²) < 4.78 is 6.90. The second kappa shape index (κ2) is 8.35. The number of ether oxygens (including phenoxy) is 1. The number of benzene rings is 2. The predicted octanol–water partition coefficient (Wildman–Crippen LogP) is 2.21. The van der Waals surface area contributed by atoms with E-state index in [4.69, 9.17) is 16.3 Å². The molecule has 10 heteroatoms.